The quantitative estimate of drug-likeness (QED) is 0.829. The van der Waals surface area contributed by atoms with Gasteiger partial charge in [-0.05, 0) is 46.8 Å². The van der Waals surface area contributed by atoms with Crippen molar-refractivity contribution in [2.75, 3.05) is 24.3 Å². The fourth-order valence-electron chi connectivity index (χ4n) is 1.49. The number of rotatable bonds is 6. The average molecular weight is 267 g/mol. The number of pyridine rings is 1. The van der Waals surface area contributed by atoms with Crippen molar-refractivity contribution in [3.63, 3.8) is 0 Å². The predicted molar refractivity (Wildman–Crippen MR) is 78.6 cm³/mol. The molecule has 0 radical (unpaired) electrons. The second kappa shape index (κ2) is 6.61. The molecule has 0 saturated carbocycles. The third-order valence-electron chi connectivity index (χ3n) is 2.26. The molecule has 108 valence electrons. The monoisotopic (exact) mass is 267 g/mol. The molecule has 1 atom stereocenters. The average Bonchev–Trinajstić information content (AvgIpc) is 2.29. The van der Waals surface area contributed by atoms with Gasteiger partial charge < -0.3 is 20.5 Å². The van der Waals surface area contributed by atoms with E-state index in [1.165, 1.54) is 0 Å². The van der Waals surface area contributed by atoms with Gasteiger partial charge in [0.05, 0.1) is 12.3 Å². The molecular weight excluding hydrogens is 242 g/mol. The number of hydrogen-bond acceptors (Lipinski definition) is 5. The highest BCUT2D eigenvalue weighted by molar-refractivity contribution is 5.54. The third-order valence-corrected chi connectivity index (χ3v) is 2.26. The van der Waals surface area contributed by atoms with Gasteiger partial charge in [-0.2, -0.15) is 4.98 Å². The number of ether oxygens (including phenoxy) is 2. The summed E-state index contributed by atoms with van der Waals surface area (Å²) in [5.41, 5.74) is 6.08. The third kappa shape index (κ3) is 5.79. The number of nitrogens with two attached hydrogens (primary N) is 1. The minimum absolute atomic E-state index is 0.179. The molecule has 0 fully saturated rings. The highest BCUT2D eigenvalue weighted by atomic mass is 16.5. The van der Waals surface area contributed by atoms with Crippen LogP contribution in [-0.2, 0) is 4.74 Å². The first-order chi connectivity index (χ1) is 8.81. The maximum atomic E-state index is 5.87. The van der Waals surface area contributed by atoms with Crippen LogP contribution in [0.15, 0.2) is 12.1 Å². The predicted octanol–water partition coefficient (Wildman–Crippen LogP) is 2.68. The van der Waals surface area contributed by atoms with Crippen molar-refractivity contribution in [2.24, 2.45) is 0 Å². The van der Waals surface area contributed by atoms with E-state index in [2.05, 4.69) is 10.3 Å². The molecule has 1 aromatic rings. The molecule has 0 saturated heterocycles. The van der Waals surface area contributed by atoms with E-state index in [9.17, 15) is 0 Å². The van der Waals surface area contributed by atoms with Crippen LogP contribution >= 0.6 is 0 Å². The lowest BCUT2D eigenvalue weighted by Gasteiger charge is -2.22. The lowest BCUT2D eigenvalue weighted by Crippen LogP contribution is -2.25. The van der Waals surface area contributed by atoms with Gasteiger partial charge in [-0.3, -0.25) is 0 Å². The summed E-state index contributed by atoms with van der Waals surface area (Å²) in [4.78, 5) is 4.39. The van der Waals surface area contributed by atoms with Crippen molar-refractivity contribution in [1.82, 2.24) is 4.98 Å². The zero-order valence-corrected chi connectivity index (χ0v) is 12.5. The Morgan fingerprint density at radius 1 is 1.37 bits per heavy atom. The number of hydrogen-bond donors (Lipinski definition) is 2. The Morgan fingerprint density at radius 3 is 2.63 bits per heavy atom. The van der Waals surface area contributed by atoms with E-state index in [4.69, 9.17) is 15.2 Å². The van der Waals surface area contributed by atoms with Gasteiger partial charge in [-0.1, -0.05) is 0 Å². The Bertz CT molecular complexity index is 402. The summed E-state index contributed by atoms with van der Waals surface area (Å²) in [5.74, 6) is 1.20. The molecule has 0 aliphatic carbocycles. The maximum absolute atomic E-state index is 5.87. The molecule has 0 aliphatic heterocycles. The number of nitrogens with zero attached hydrogens (tertiary/aromatic N) is 1. The minimum Gasteiger partial charge on any atom is -0.470 e. The van der Waals surface area contributed by atoms with Crippen LogP contribution in [0.25, 0.3) is 0 Å². The highest BCUT2D eigenvalue weighted by Gasteiger charge is 2.15. The van der Waals surface area contributed by atoms with Gasteiger partial charge >= 0.3 is 0 Å². The number of nitrogen functional groups attached to an aromatic ring is 1. The largest absolute Gasteiger partial charge is 0.470 e. The summed E-state index contributed by atoms with van der Waals surface area (Å²) in [6, 6.07) is 3.82. The summed E-state index contributed by atoms with van der Waals surface area (Å²) in [6.45, 7) is 11.3. The van der Waals surface area contributed by atoms with E-state index in [1.807, 2.05) is 40.7 Å². The van der Waals surface area contributed by atoms with Crippen LogP contribution in [-0.4, -0.2) is 29.8 Å². The van der Waals surface area contributed by atoms with Crippen molar-refractivity contribution in [3.05, 3.63) is 12.1 Å². The molecule has 0 bridgehead atoms. The molecule has 0 spiro atoms. The van der Waals surface area contributed by atoms with E-state index in [1.54, 1.807) is 6.07 Å². The second-order valence-electron chi connectivity index (χ2n) is 5.51. The molecule has 1 heterocycles. The molecule has 0 aromatic carbocycles. The van der Waals surface area contributed by atoms with Gasteiger partial charge in [-0.25, -0.2) is 0 Å². The molecule has 0 aliphatic rings. The van der Waals surface area contributed by atoms with Crippen molar-refractivity contribution in [1.29, 1.82) is 0 Å². The number of aromatic nitrogens is 1. The zero-order valence-electron chi connectivity index (χ0n) is 12.5. The van der Waals surface area contributed by atoms with Crippen molar-refractivity contribution >= 4 is 11.5 Å². The maximum Gasteiger partial charge on any atom is 0.239 e. The molecule has 5 nitrogen and oxygen atoms in total. The summed E-state index contributed by atoms with van der Waals surface area (Å²) in [6.07, 6.45) is 0. The fourth-order valence-corrected chi connectivity index (χ4v) is 1.49. The molecule has 1 aromatic heterocycles. The lowest BCUT2D eigenvalue weighted by molar-refractivity contribution is 0.125. The fraction of sp³-hybridized carbons (Fsp3) is 0.643. The Morgan fingerprint density at radius 2 is 2.05 bits per heavy atom. The summed E-state index contributed by atoms with van der Waals surface area (Å²) in [7, 11) is 0. The van der Waals surface area contributed by atoms with Gasteiger partial charge in [0.2, 0.25) is 5.88 Å². The van der Waals surface area contributed by atoms with E-state index < -0.39 is 0 Å². The second-order valence-corrected chi connectivity index (χ2v) is 5.51. The SMILES string of the molecule is CCOCC(C)Nc1ccc(N)c(OC(C)(C)C)n1. The van der Waals surface area contributed by atoms with Crippen LogP contribution in [0.4, 0.5) is 11.5 Å². The van der Waals surface area contributed by atoms with Crippen LogP contribution in [0.1, 0.15) is 34.6 Å². The Hall–Kier alpha value is -1.49. The van der Waals surface area contributed by atoms with E-state index in [-0.39, 0.29) is 11.6 Å². The molecule has 19 heavy (non-hydrogen) atoms. The molecule has 3 N–H and O–H groups in total. The number of anilines is 2. The molecule has 0 amide bonds. The Kier molecular flexibility index (Phi) is 5.42. The number of nitrogens with one attached hydrogen (secondary N) is 1. The van der Waals surface area contributed by atoms with Crippen molar-refractivity contribution in [2.45, 2.75) is 46.3 Å². The first kappa shape index (κ1) is 15.6. The van der Waals surface area contributed by atoms with E-state index >= 15 is 0 Å². The Balaban J connectivity index is 2.73. The van der Waals surface area contributed by atoms with Crippen LogP contribution in [0.2, 0.25) is 0 Å². The van der Waals surface area contributed by atoms with Crippen molar-refractivity contribution in [3.8, 4) is 5.88 Å². The summed E-state index contributed by atoms with van der Waals surface area (Å²) < 4.78 is 11.1. The van der Waals surface area contributed by atoms with Crippen LogP contribution in [0, 0.1) is 0 Å². The van der Waals surface area contributed by atoms with Crippen molar-refractivity contribution < 1.29 is 9.47 Å². The first-order valence-corrected chi connectivity index (χ1v) is 6.61. The standard InChI is InChI=1S/C14H25N3O2/c1-6-18-9-10(2)16-12-8-7-11(15)13(17-12)19-14(3,4)5/h7-8,10H,6,9,15H2,1-5H3,(H,16,17). The summed E-state index contributed by atoms with van der Waals surface area (Å²) >= 11 is 0. The van der Waals surface area contributed by atoms with Gasteiger partial charge in [0.15, 0.2) is 0 Å². The van der Waals surface area contributed by atoms with Gasteiger partial charge in [0, 0.05) is 12.6 Å². The molecule has 1 unspecified atom stereocenters. The molecule has 5 heteroatoms. The van der Waals surface area contributed by atoms with Crippen LogP contribution in [0.3, 0.4) is 0 Å². The van der Waals surface area contributed by atoms with Crippen LogP contribution in [0.5, 0.6) is 5.88 Å². The first-order valence-electron chi connectivity index (χ1n) is 6.61. The van der Waals surface area contributed by atoms with E-state index in [0.717, 1.165) is 5.82 Å². The van der Waals surface area contributed by atoms with E-state index in [0.29, 0.717) is 24.8 Å². The topological polar surface area (TPSA) is 69.4 Å². The highest BCUT2D eigenvalue weighted by Crippen LogP contribution is 2.25. The zero-order chi connectivity index (χ0) is 14.5. The summed E-state index contributed by atoms with van der Waals surface area (Å²) in [5, 5.41) is 3.26. The van der Waals surface area contributed by atoms with Gasteiger partial charge in [0.1, 0.15) is 11.4 Å². The molecular formula is C14H25N3O2. The van der Waals surface area contributed by atoms with Gasteiger partial charge in [-0.15, -0.1) is 0 Å². The normalized spacial score (nSPS) is 13.1. The molecule has 1 rings (SSSR count). The smallest absolute Gasteiger partial charge is 0.239 e. The Labute approximate surface area is 115 Å². The van der Waals surface area contributed by atoms with Crippen LogP contribution < -0.4 is 15.8 Å². The minimum atomic E-state index is -0.323. The lowest BCUT2D eigenvalue weighted by atomic mass is 10.2. The van der Waals surface area contributed by atoms with Gasteiger partial charge in [0.25, 0.3) is 0 Å².